The highest BCUT2D eigenvalue weighted by Gasteiger charge is 2.25. The zero-order chi connectivity index (χ0) is 22.4. The maximum absolute atomic E-state index is 13.3. The van der Waals surface area contributed by atoms with Gasteiger partial charge >= 0.3 is 0 Å². The van der Waals surface area contributed by atoms with Crippen LogP contribution in [0.5, 0.6) is 5.75 Å². The predicted octanol–water partition coefficient (Wildman–Crippen LogP) is 3.40. The molecule has 1 saturated heterocycles. The number of Topliss-reactive ketones (excluding diaryl/α,β-unsaturated/α-hetero) is 1. The maximum atomic E-state index is 13.3. The standard InChI is InChI=1S/C22H27N3O5S/c1-16(26)9-12-22(27)23-17-10-11-19(25-13-5-6-14-25)21(15-17)31(28,29)24-18-7-3-4-8-20(18)30-2/h3-4,7-8,10-11,15,24H,5-6,9,12-14H2,1-2H3,(H,23,27). The van der Waals surface area contributed by atoms with E-state index in [9.17, 15) is 18.0 Å². The molecule has 166 valence electrons. The molecule has 1 amide bonds. The first-order valence-electron chi connectivity index (χ1n) is 10.1. The Bertz CT molecular complexity index is 1060. The van der Waals surface area contributed by atoms with E-state index >= 15 is 0 Å². The van der Waals surface area contributed by atoms with Crippen LogP contribution >= 0.6 is 0 Å². The van der Waals surface area contributed by atoms with Crippen molar-refractivity contribution in [1.29, 1.82) is 0 Å². The van der Waals surface area contributed by atoms with E-state index in [1.807, 2.05) is 4.90 Å². The normalized spacial score (nSPS) is 13.7. The summed E-state index contributed by atoms with van der Waals surface area (Å²) in [6.45, 7) is 2.95. The Kier molecular flexibility index (Phi) is 7.17. The highest BCUT2D eigenvalue weighted by molar-refractivity contribution is 7.93. The van der Waals surface area contributed by atoms with Gasteiger partial charge in [0.2, 0.25) is 5.91 Å². The summed E-state index contributed by atoms with van der Waals surface area (Å²) in [5.74, 6) is -0.0172. The van der Waals surface area contributed by atoms with Gasteiger partial charge in [0.25, 0.3) is 10.0 Å². The molecule has 31 heavy (non-hydrogen) atoms. The first kappa shape index (κ1) is 22.6. The highest BCUT2D eigenvalue weighted by Crippen LogP contribution is 2.34. The van der Waals surface area contributed by atoms with Gasteiger partial charge in [-0.3, -0.25) is 9.52 Å². The van der Waals surface area contributed by atoms with Gasteiger partial charge in [-0.2, -0.15) is 0 Å². The maximum Gasteiger partial charge on any atom is 0.264 e. The van der Waals surface area contributed by atoms with Gasteiger partial charge in [-0.25, -0.2) is 8.42 Å². The second-order valence-corrected chi connectivity index (χ2v) is 9.08. The first-order valence-corrected chi connectivity index (χ1v) is 11.6. The molecule has 2 N–H and O–H groups in total. The predicted molar refractivity (Wildman–Crippen MR) is 120 cm³/mol. The largest absolute Gasteiger partial charge is 0.495 e. The second kappa shape index (κ2) is 9.82. The molecule has 0 saturated carbocycles. The van der Waals surface area contributed by atoms with Crippen LogP contribution in [0.1, 0.15) is 32.6 Å². The van der Waals surface area contributed by atoms with Crippen LogP contribution in [0.2, 0.25) is 0 Å². The molecule has 9 heteroatoms. The van der Waals surface area contributed by atoms with E-state index in [1.54, 1.807) is 36.4 Å². The Morgan fingerprint density at radius 3 is 2.45 bits per heavy atom. The lowest BCUT2D eigenvalue weighted by Gasteiger charge is -2.23. The minimum absolute atomic E-state index is 0.0464. The molecule has 1 heterocycles. The van der Waals surface area contributed by atoms with Gasteiger partial charge in [0, 0.05) is 31.6 Å². The topological polar surface area (TPSA) is 105 Å². The lowest BCUT2D eigenvalue weighted by atomic mass is 10.2. The van der Waals surface area contributed by atoms with Crippen LogP contribution in [0.3, 0.4) is 0 Å². The van der Waals surface area contributed by atoms with E-state index in [4.69, 9.17) is 4.74 Å². The summed E-state index contributed by atoms with van der Waals surface area (Å²) in [7, 11) is -2.50. The molecular formula is C22H27N3O5S. The van der Waals surface area contributed by atoms with Crippen molar-refractivity contribution in [3.8, 4) is 5.75 Å². The number of amides is 1. The van der Waals surface area contributed by atoms with Gasteiger partial charge in [0.15, 0.2) is 0 Å². The number of nitrogens with zero attached hydrogens (tertiary/aromatic N) is 1. The van der Waals surface area contributed by atoms with Crippen LogP contribution in [0.4, 0.5) is 17.1 Å². The lowest BCUT2D eigenvalue weighted by Crippen LogP contribution is -2.23. The van der Waals surface area contributed by atoms with Crippen LogP contribution in [0.25, 0.3) is 0 Å². The van der Waals surface area contributed by atoms with Crippen molar-refractivity contribution in [2.45, 2.75) is 37.5 Å². The second-order valence-electron chi connectivity index (χ2n) is 7.43. The third-order valence-corrected chi connectivity index (χ3v) is 6.43. The number of benzene rings is 2. The summed E-state index contributed by atoms with van der Waals surface area (Å²) in [4.78, 5) is 25.4. The smallest absolute Gasteiger partial charge is 0.264 e. The number of ether oxygens (including phenoxy) is 1. The van der Waals surface area contributed by atoms with Gasteiger partial charge in [0.1, 0.15) is 16.4 Å². The molecule has 0 radical (unpaired) electrons. The molecule has 0 bridgehead atoms. The zero-order valence-corrected chi connectivity index (χ0v) is 18.5. The number of hydrogen-bond donors (Lipinski definition) is 2. The third-order valence-electron chi connectivity index (χ3n) is 5.04. The monoisotopic (exact) mass is 445 g/mol. The van der Waals surface area contributed by atoms with Crippen LogP contribution in [-0.4, -0.2) is 40.3 Å². The van der Waals surface area contributed by atoms with Crippen molar-refractivity contribution in [2.75, 3.05) is 35.1 Å². The third kappa shape index (κ3) is 5.75. The average Bonchev–Trinajstić information content (AvgIpc) is 3.27. The molecule has 0 unspecified atom stereocenters. The number of hydrogen-bond acceptors (Lipinski definition) is 6. The highest BCUT2D eigenvalue weighted by atomic mass is 32.2. The molecule has 8 nitrogen and oxygen atoms in total. The van der Waals surface area contributed by atoms with Crippen LogP contribution < -0.4 is 19.7 Å². The summed E-state index contributed by atoms with van der Waals surface area (Å²) in [5.41, 5.74) is 1.27. The Labute approximate surface area is 182 Å². The quantitative estimate of drug-likeness (QED) is 0.613. The average molecular weight is 446 g/mol. The number of methoxy groups -OCH3 is 1. The van der Waals surface area contributed by atoms with Crippen LogP contribution in [0.15, 0.2) is 47.4 Å². The minimum Gasteiger partial charge on any atom is -0.495 e. The molecule has 0 aliphatic carbocycles. The van der Waals surface area contributed by atoms with E-state index in [0.717, 1.165) is 25.9 Å². The van der Waals surface area contributed by atoms with E-state index in [-0.39, 0.29) is 29.4 Å². The summed E-state index contributed by atoms with van der Waals surface area (Å²) >= 11 is 0. The molecule has 0 aromatic heterocycles. The summed E-state index contributed by atoms with van der Waals surface area (Å²) in [6.07, 6.45) is 2.16. The molecule has 1 aliphatic heterocycles. The first-order chi connectivity index (χ1) is 14.8. The number of para-hydroxylation sites is 2. The van der Waals surface area contributed by atoms with Crippen molar-refractivity contribution >= 4 is 38.8 Å². The van der Waals surface area contributed by atoms with Crippen molar-refractivity contribution in [3.05, 3.63) is 42.5 Å². The van der Waals surface area contributed by atoms with Crippen molar-refractivity contribution in [2.24, 2.45) is 0 Å². The lowest BCUT2D eigenvalue weighted by molar-refractivity contribution is -0.121. The van der Waals surface area contributed by atoms with Gasteiger partial charge in [-0.1, -0.05) is 12.1 Å². The van der Waals surface area contributed by atoms with Gasteiger partial charge < -0.3 is 19.7 Å². The van der Waals surface area contributed by atoms with E-state index < -0.39 is 10.0 Å². The van der Waals surface area contributed by atoms with Gasteiger partial charge in [-0.15, -0.1) is 0 Å². The number of carbonyl (C=O) groups excluding carboxylic acids is 2. The fourth-order valence-corrected chi connectivity index (χ4v) is 4.79. The molecule has 3 rings (SSSR count). The van der Waals surface area contributed by atoms with Crippen LogP contribution in [-0.2, 0) is 19.6 Å². The molecule has 0 spiro atoms. The number of anilines is 3. The van der Waals surface area contributed by atoms with E-state index in [0.29, 0.717) is 22.8 Å². The molecule has 2 aromatic rings. The molecule has 1 aliphatic rings. The SMILES string of the molecule is COc1ccccc1NS(=O)(=O)c1cc(NC(=O)CCC(C)=O)ccc1N1CCCC1. The van der Waals surface area contributed by atoms with Crippen LogP contribution in [0, 0.1) is 0 Å². The summed E-state index contributed by atoms with van der Waals surface area (Å²) < 4.78 is 34.6. The molecule has 0 atom stereocenters. The van der Waals surface area contributed by atoms with Crippen molar-refractivity contribution in [3.63, 3.8) is 0 Å². The molecule has 1 fully saturated rings. The minimum atomic E-state index is -3.98. The van der Waals surface area contributed by atoms with Gasteiger partial charge in [0.05, 0.1) is 18.5 Å². The number of ketones is 1. The number of sulfonamides is 1. The number of nitrogens with one attached hydrogen (secondary N) is 2. The van der Waals surface area contributed by atoms with Gasteiger partial charge in [-0.05, 0) is 50.1 Å². The fourth-order valence-electron chi connectivity index (χ4n) is 3.47. The summed E-state index contributed by atoms with van der Waals surface area (Å²) in [6, 6.07) is 11.6. The number of rotatable bonds is 9. The Morgan fingerprint density at radius 2 is 1.77 bits per heavy atom. The fraction of sp³-hybridized carbons (Fsp3) is 0.364. The molecular weight excluding hydrogens is 418 g/mol. The number of carbonyl (C=O) groups is 2. The Hall–Kier alpha value is -3.07. The Morgan fingerprint density at radius 1 is 1.06 bits per heavy atom. The molecule has 2 aromatic carbocycles. The van der Waals surface area contributed by atoms with Crippen molar-refractivity contribution in [1.82, 2.24) is 0 Å². The zero-order valence-electron chi connectivity index (χ0n) is 17.7. The Balaban J connectivity index is 1.94. The van der Waals surface area contributed by atoms with Crippen molar-refractivity contribution < 1.29 is 22.7 Å². The summed E-state index contributed by atoms with van der Waals surface area (Å²) in [5, 5.41) is 2.69. The van der Waals surface area contributed by atoms with E-state index in [1.165, 1.54) is 20.1 Å². The van der Waals surface area contributed by atoms with E-state index in [2.05, 4.69) is 10.0 Å².